The van der Waals surface area contributed by atoms with E-state index in [1.807, 2.05) is 33.8 Å². The van der Waals surface area contributed by atoms with Crippen molar-refractivity contribution in [3.63, 3.8) is 0 Å². The third-order valence-corrected chi connectivity index (χ3v) is 2.80. The van der Waals surface area contributed by atoms with Gasteiger partial charge in [0.25, 0.3) is 0 Å². The molecule has 1 aromatic rings. The number of hydrogen-bond donors (Lipinski definition) is 2. The number of nitrogens with one attached hydrogen (secondary N) is 1. The Morgan fingerprint density at radius 3 is 2.62 bits per heavy atom. The zero-order valence-corrected chi connectivity index (χ0v) is 17.3. The van der Waals surface area contributed by atoms with Gasteiger partial charge in [0.1, 0.15) is 5.60 Å². The molecule has 0 saturated carbocycles. The van der Waals surface area contributed by atoms with Gasteiger partial charge in [0.2, 0.25) is 0 Å². The van der Waals surface area contributed by atoms with Crippen LogP contribution in [0.1, 0.15) is 43.6 Å². The van der Waals surface area contributed by atoms with Gasteiger partial charge in [-0.25, -0.2) is 9.79 Å². The quantitative estimate of drug-likeness (QED) is 0.302. The first-order chi connectivity index (χ1) is 10.7. The summed E-state index contributed by atoms with van der Waals surface area (Å²) in [4.78, 5) is 16.3. The zero-order valence-electron chi connectivity index (χ0n) is 15.0. The molecule has 0 fully saturated rings. The van der Waals surface area contributed by atoms with Crippen molar-refractivity contribution in [2.45, 2.75) is 45.9 Å². The number of benzene rings is 1. The van der Waals surface area contributed by atoms with E-state index in [0.717, 1.165) is 5.56 Å². The van der Waals surface area contributed by atoms with E-state index in [4.69, 9.17) is 15.2 Å². The first-order valence-electron chi connectivity index (χ1n) is 7.59. The van der Waals surface area contributed by atoms with E-state index in [-0.39, 0.29) is 36.0 Å². The SMILES string of the molecule is COCC(C)NC(N)=NCc1cccc(C(=O)OC(C)(C)C)c1.I. The van der Waals surface area contributed by atoms with Crippen molar-refractivity contribution in [3.8, 4) is 0 Å². The van der Waals surface area contributed by atoms with Gasteiger partial charge in [0.15, 0.2) is 5.96 Å². The molecule has 0 spiro atoms. The molecule has 0 saturated heterocycles. The summed E-state index contributed by atoms with van der Waals surface area (Å²) in [6.07, 6.45) is 0. The topological polar surface area (TPSA) is 85.9 Å². The van der Waals surface area contributed by atoms with Crippen molar-refractivity contribution in [2.24, 2.45) is 10.7 Å². The number of carbonyl (C=O) groups excluding carboxylic acids is 1. The largest absolute Gasteiger partial charge is 0.456 e. The number of nitrogens with two attached hydrogens (primary N) is 1. The van der Waals surface area contributed by atoms with Crippen molar-refractivity contribution in [2.75, 3.05) is 13.7 Å². The fourth-order valence-corrected chi connectivity index (χ4v) is 1.90. The Hall–Kier alpha value is -1.35. The van der Waals surface area contributed by atoms with Crippen LogP contribution in [0.4, 0.5) is 0 Å². The van der Waals surface area contributed by atoms with E-state index in [9.17, 15) is 4.79 Å². The second-order valence-electron chi connectivity index (χ2n) is 6.40. The van der Waals surface area contributed by atoms with E-state index in [1.54, 1.807) is 25.3 Å². The second-order valence-corrected chi connectivity index (χ2v) is 6.40. The maximum absolute atomic E-state index is 12.1. The monoisotopic (exact) mass is 449 g/mol. The normalized spacial score (nSPS) is 13.0. The average Bonchev–Trinajstić information content (AvgIpc) is 2.44. The van der Waals surface area contributed by atoms with Crippen LogP contribution in [0.3, 0.4) is 0 Å². The summed E-state index contributed by atoms with van der Waals surface area (Å²) in [6.45, 7) is 8.40. The molecule has 1 aromatic carbocycles. The Morgan fingerprint density at radius 2 is 2.04 bits per heavy atom. The average molecular weight is 449 g/mol. The van der Waals surface area contributed by atoms with Gasteiger partial charge < -0.3 is 20.5 Å². The van der Waals surface area contributed by atoms with Crippen LogP contribution in [-0.2, 0) is 16.0 Å². The predicted molar refractivity (Wildman–Crippen MR) is 107 cm³/mol. The molecule has 0 aliphatic carbocycles. The zero-order chi connectivity index (χ0) is 17.5. The maximum Gasteiger partial charge on any atom is 0.338 e. The number of aliphatic imine (C=N–C) groups is 1. The number of guanidine groups is 1. The fraction of sp³-hybridized carbons (Fsp3) is 0.529. The Kier molecular flexibility index (Phi) is 9.91. The van der Waals surface area contributed by atoms with Crippen LogP contribution >= 0.6 is 24.0 Å². The second kappa shape index (κ2) is 10.5. The van der Waals surface area contributed by atoms with E-state index >= 15 is 0 Å². The van der Waals surface area contributed by atoms with Gasteiger partial charge in [0, 0.05) is 13.2 Å². The summed E-state index contributed by atoms with van der Waals surface area (Å²) < 4.78 is 10.4. The van der Waals surface area contributed by atoms with E-state index in [2.05, 4.69) is 10.3 Å². The number of carbonyl (C=O) groups is 1. The lowest BCUT2D eigenvalue weighted by molar-refractivity contribution is 0.00694. The predicted octanol–water partition coefficient (Wildman–Crippen LogP) is 2.70. The van der Waals surface area contributed by atoms with Gasteiger partial charge in [-0.3, -0.25) is 0 Å². The molecule has 7 heteroatoms. The molecule has 0 amide bonds. The molecule has 0 bridgehead atoms. The van der Waals surface area contributed by atoms with E-state index in [1.165, 1.54) is 0 Å². The van der Waals surface area contributed by atoms with Crippen LogP contribution in [-0.4, -0.2) is 37.3 Å². The molecule has 24 heavy (non-hydrogen) atoms. The molecule has 0 heterocycles. The molecule has 1 atom stereocenters. The van der Waals surface area contributed by atoms with Crippen LogP contribution in [0, 0.1) is 0 Å². The van der Waals surface area contributed by atoms with Gasteiger partial charge in [-0.15, -0.1) is 24.0 Å². The number of ether oxygens (including phenoxy) is 2. The fourth-order valence-electron chi connectivity index (χ4n) is 1.90. The van der Waals surface area contributed by atoms with Crippen molar-refractivity contribution in [1.82, 2.24) is 5.32 Å². The van der Waals surface area contributed by atoms with E-state index in [0.29, 0.717) is 24.7 Å². The maximum atomic E-state index is 12.1. The van der Waals surface area contributed by atoms with Gasteiger partial charge in [0.05, 0.1) is 18.7 Å². The summed E-state index contributed by atoms with van der Waals surface area (Å²) >= 11 is 0. The first kappa shape index (κ1) is 22.6. The number of rotatable bonds is 6. The standard InChI is InChI=1S/C17H27N3O3.HI/c1-12(11-22-5)20-16(18)19-10-13-7-6-8-14(9-13)15(21)23-17(2,3)4;/h6-9,12H,10-11H2,1-5H3,(H3,18,19,20);1H. The Balaban J connectivity index is 0.00000529. The minimum atomic E-state index is -0.517. The summed E-state index contributed by atoms with van der Waals surface area (Å²) in [5.74, 6) is 0.000337. The van der Waals surface area contributed by atoms with Crippen molar-refractivity contribution < 1.29 is 14.3 Å². The van der Waals surface area contributed by atoms with Gasteiger partial charge in [-0.2, -0.15) is 0 Å². The Morgan fingerprint density at radius 1 is 1.38 bits per heavy atom. The molecule has 0 aromatic heterocycles. The summed E-state index contributed by atoms with van der Waals surface area (Å²) in [5.41, 5.74) is 6.70. The van der Waals surface area contributed by atoms with Gasteiger partial charge >= 0.3 is 5.97 Å². The van der Waals surface area contributed by atoms with Crippen LogP contribution in [0.5, 0.6) is 0 Å². The molecule has 6 nitrogen and oxygen atoms in total. The number of hydrogen-bond acceptors (Lipinski definition) is 4. The minimum Gasteiger partial charge on any atom is -0.456 e. The molecular weight excluding hydrogens is 421 g/mol. The molecule has 1 unspecified atom stereocenters. The molecule has 136 valence electrons. The molecule has 0 radical (unpaired) electrons. The molecule has 3 N–H and O–H groups in total. The molecule has 0 aliphatic rings. The van der Waals surface area contributed by atoms with Crippen molar-refractivity contribution in [1.29, 1.82) is 0 Å². The molecule has 1 rings (SSSR count). The third-order valence-electron chi connectivity index (χ3n) is 2.80. The van der Waals surface area contributed by atoms with Crippen LogP contribution in [0.25, 0.3) is 0 Å². The lowest BCUT2D eigenvalue weighted by Gasteiger charge is -2.19. The van der Waals surface area contributed by atoms with Crippen LogP contribution in [0.15, 0.2) is 29.3 Å². The third kappa shape index (κ3) is 9.07. The van der Waals surface area contributed by atoms with Crippen molar-refractivity contribution >= 4 is 35.9 Å². The number of nitrogens with zero attached hydrogens (tertiary/aromatic N) is 1. The first-order valence-corrected chi connectivity index (χ1v) is 7.59. The molecule has 0 aliphatic heterocycles. The number of halogens is 1. The highest BCUT2D eigenvalue weighted by molar-refractivity contribution is 14.0. The number of esters is 1. The minimum absolute atomic E-state index is 0. The summed E-state index contributed by atoms with van der Waals surface area (Å²) in [6, 6.07) is 7.27. The highest BCUT2D eigenvalue weighted by atomic mass is 127. The highest BCUT2D eigenvalue weighted by Gasteiger charge is 2.17. The summed E-state index contributed by atoms with van der Waals surface area (Å²) in [7, 11) is 1.63. The van der Waals surface area contributed by atoms with Crippen LogP contribution < -0.4 is 11.1 Å². The van der Waals surface area contributed by atoms with Crippen molar-refractivity contribution in [3.05, 3.63) is 35.4 Å². The lowest BCUT2D eigenvalue weighted by atomic mass is 10.1. The van der Waals surface area contributed by atoms with Crippen LogP contribution in [0.2, 0.25) is 0 Å². The number of methoxy groups -OCH3 is 1. The smallest absolute Gasteiger partial charge is 0.338 e. The Bertz CT molecular complexity index is 556. The van der Waals surface area contributed by atoms with E-state index < -0.39 is 5.60 Å². The van der Waals surface area contributed by atoms with Gasteiger partial charge in [-0.1, -0.05) is 12.1 Å². The highest BCUT2D eigenvalue weighted by Crippen LogP contribution is 2.13. The van der Waals surface area contributed by atoms with Gasteiger partial charge in [-0.05, 0) is 45.4 Å². The molecular formula is C17H28IN3O3. The summed E-state index contributed by atoms with van der Waals surface area (Å²) in [5, 5.41) is 3.03. The Labute approximate surface area is 161 Å². The lowest BCUT2D eigenvalue weighted by Crippen LogP contribution is -2.40.